The quantitative estimate of drug-likeness (QED) is 0.861. The number of rotatable bonds is 5. The van der Waals surface area contributed by atoms with Crippen molar-refractivity contribution in [1.29, 1.82) is 0 Å². The molecule has 5 heteroatoms. The first-order valence-electron chi connectivity index (χ1n) is 6.66. The van der Waals surface area contributed by atoms with Gasteiger partial charge in [-0.25, -0.2) is 13.1 Å². The summed E-state index contributed by atoms with van der Waals surface area (Å²) in [6.45, 7) is 1.91. The SMILES string of the molecule is CCS(=O)(=O)NCC#CCOc1cccc2ccccc12. The lowest BCUT2D eigenvalue weighted by molar-refractivity contribution is 0.374. The molecule has 0 unspecified atom stereocenters. The third-order valence-electron chi connectivity index (χ3n) is 2.93. The molecule has 2 rings (SSSR count). The molecule has 0 aliphatic heterocycles. The Labute approximate surface area is 125 Å². The number of hydrogen-bond acceptors (Lipinski definition) is 3. The molecule has 0 heterocycles. The summed E-state index contributed by atoms with van der Waals surface area (Å²) in [6, 6.07) is 13.8. The van der Waals surface area contributed by atoms with Crippen LogP contribution in [0.1, 0.15) is 6.92 Å². The van der Waals surface area contributed by atoms with Crippen LogP contribution in [0.4, 0.5) is 0 Å². The van der Waals surface area contributed by atoms with E-state index in [1.54, 1.807) is 6.92 Å². The molecule has 0 aromatic heterocycles. The van der Waals surface area contributed by atoms with Crippen LogP contribution in [-0.2, 0) is 10.0 Å². The fourth-order valence-electron chi connectivity index (χ4n) is 1.80. The molecule has 0 amide bonds. The number of sulfonamides is 1. The average Bonchev–Trinajstić information content (AvgIpc) is 2.51. The van der Waals surface area contributed by atoms with Gasteiger partial charge in [0.05, 0.1) is 12.3 Å². The van der Waals surface area contributed by atoms with Crippen LogP contribution in [0.3, 0.4) is 0 Å². The highest BCUT2D eigenvalue weighted by Gasteiger charge is 2.02. The molecule has 0 saturated carbocycles. The monoisotopic (exact) mass is 303 g/mol. The second-order valence-electron chi connectivity index (χ2n) is 4.34. The van der Waals surface area contributed by atoms with Crippen molar-refractivity contribution in [1.82, 2.24) is 4.72 Å². The molecule has 110 valence electrons. The molecule has 0 aliphatic carbocycles. The molecule has 0 aliphatic rings. The number of ether oxygens (including phenoxy) is 1. The molecule has 0 radical (unpaired) electrons. The largest absolute Gasteiger partial charge is 0.480 e. The maximum atomic E-state index is 11.2. The van der Waals surface area contributed by atoms with E-state index >= 15 is 0 Å². The van der Waals surface area contributed by atoms with E-state index in [0.717, 1.165) is 16.5 Å². The molecular formula is C16H17NO3S. The van der Waals surface area contributed by atoms with Gasteiger partial charge in [0.2, 0.25) is 10.0 Å². The minimum atomic E-state index is -3.18. The van der Waals surface area contributed by atoms with Gasteiger partial charge in [-0.05, 0) is 18.4 Å². The number of benzene rings is 2. The van der Waals surface area contributed by atoms with Crippen molar-refractivity contribution in [3.05, 3.63) is 42.5 Å². The van der Waals surface area contributed by atoms with Gasteiger partial charge in [-0.2, -0.15) is 0 Å². The number of hydrogen-bond donors (Lipinski definition) is 1. The molecule has 0 spiro atoms. The predicted octanol–water partition coefficient (Wildman–Crippen LogP) is 2.16. The van der Waals surface area contributed by atoms with Crippen LogP contribution < -0.4 is 9.46 Å². The van der Waals surface area contributed by atoms with Gasteiger partial charge in [0.15, 0.2) is 0 Å². The van der Waals surface area contributed by atoms with Gasteiger partial charge in [0.25, 0.3) is 0 Å². The predicted molar refractivity (Wildman–Crippen MR) is 84.7 cm³/mol. The van der Waals surface area contributed by atoms with Crippen LogP contribution in [0.25, 0.3) is 10.8 Å². The minimum absolute atomic E-state index is 0.0567. The minimum Gasteiger partial charge on any atom is -0.480 e. The first kappa shape index (κ1) is 15.4. The highest BCUT2D eigenvalue weighted by atomic mass is 32.2. The van der Waals surface area contributed by atoms with Crippen molar-refractivity contribution >= 4 is 20.8 Å². The Morgan fingerprint density at radius 2 is 1.86 bits per heavy atom. The Kier molecular flexibility index (Phi) is 5.20. The van der Waals surface area contributed by atoms with Crippen molar-refractivity contribution in [2.45, 2.75) is 6.92 Å². The first-order valence-corrected chi connectivity index (χ1v) is 8.31. The van der Waals surface area contributed by atoms with E-state index in [4.69, 9.17) is 4.74 Å². The lowest BCUT2D eigenvalue weighted by Crippen LogP contribution is -2.25. The molecule has 2 aromatic carbocycles. The second kappa shape index (κ2) is 7.11. The van der Waals surface area contributed by atoms with Crippen LogP contribution in [0.5, 0.6) is 5.75 Å². The molecule has 1 N–H and O–H groups in total. The summed E-state index contributed by atoms with van der Waals surface area (Å²) < 4.78 is 30.4. The lowest BCUT2D eigenvalue weighted by Gasteiger charge is -2.06. The normalized spacial score (nSPS) is 10.9. The van der Waals surface area contributed by atoms with Crippen molar-refractivity contribution in [3.8, 4) is 17.6 Å². The van der Waals surface area contributed by atoms with Crippen LogP contribution in [-0.4, -0.2) is 27.3 Å². The van der Waals surface area contributed by atoms with E-state index in [-0.39, 0.29) is 18.9 Å². The Morgan fingerprint density at radius 3 is 2.67 bits per heavy atom. The van der Waals surface area contributed by atoms with E-state index in [2.05, 4.69) is 16.6 Å². The summed E-state index contributed by atoms with van der Waals surface area (Å²) in [7, 11) is -3.18. The molecular weight excluding hydrogens is 286 g/mol. The van der Waals surface area contributed by atoms with Crippen molar-refractivity contribution in [3.63, 3.8) is 0 Å². The number of nitrogens with one attached hydrogen (secondary N) is 1. The Balaban J connectivity index is 1.92. The van der Waals surface area contributed by atoms with Crippen molar-refractivity contribution < 1.29 is 13.2 Å². The zero-order valence-electron chi connectivity index (χ0n) is 11.8. The van der Waals surface area contributed by atoms with E-state index in [1.807, 2.05) is 42.5 Å². The summed E-state index contributed by atoms with van der Waals surface area (Å²) in [4.78, 5) is 0. The Morgan fingerprint density at radius 1 is 1.10 bits per heavy atom. The molecule has 0 saturated heterocycles. The van der Waals surface area contributed by atoms with E-state index in [9.17, 15) is 8.42 Å². The zero-order chi connectivity index (χ0) is 15.1. The highest BCUT2D eigenvalue weighted by Crippen LogP contribution is 2.24. The smallest absolute Gasteiger partial charge is 0.212 e. The summed E-state index contributed by atoms with van der Waals surface area (Å²) in [5.41, 5.74) is 0. The fraction of sp³-hybridized carbons (Fsp3) is 0.250. The van der Waals surface area contributed by atoms with Gasteiger partial charge >= 0.3 is 0 Å². The van der Waals surface area contributed by atoms with Gasteiger partial charge in [-0.15, -0.1) is 0 Å². The molecule has 4 nitrogen and oxygen atoms in total. The molecule has 0 fully saturated rings. The van der Waals surface area contributed by atoms with Gasteiger partial charge < -0.3 is 4.74 Å². The van der Waals surface area contributed by atoms with Crippen molar-refractivity contribution in [2.75, 3.05) is 18.9 Å². The van der Waals surface area contributed by atoms with E-state index < -0.39 is 10.0 Å². The van der Waals surface area contributed by atoms with Crippen LogP contribution in [0, 0.1) is 11.8 Å². The highest BCUT2D eigenvalue weighted by molar-refractivity contribution is 7.89. The maximum absolute atomic E-state index is 11.2. The van der Waals surface area contributed by atoms with Crippen LogP contribution in [0.15, 0.2) is 42.5 Å². The van der Waals surface area contributed by atoms with Crippen LogP contribution >= 0.6 is 0 Å². The number of fused-ring (bicyclic) bond motifs is 1. The van der Waals surface area contributed by atoms with Crippen LogP contribution in [0.2, 0.25) is 0 Å². The third kappa shape index (κ3) is 4.48. The van der Waals surface area contributed by atoms with Gasteiger partial charge in [-0.1, -0.05) is 48.2 Å². The Hall–Kier alpha value is -2.03. The van der Waals surface area contributed by atoms with Gasteiger partial charge in [0.1, 0.15) is 12.4 Å². The maximum Gasteiger partial charge on any atom is 0.212 e. The topological polar surface area (TPSA) is 55.4 Å². The molecule has 0 atom stereocenters. The first-order chi connectivity index (χ1) is 10.1. The third-order valence-corrected chi connectivity index (χ3v) is 4.28. The lowest BCUT2D eigenvalue weighted by atomic mass is 10.1. The standard InChI is InChI=1S/C16H17NO3S/c1-2-21(18,19)17-12-5-6-13-20-16-11-7-9-14-8-3-4-10-15(14)16/h3-4,7-11,17H,2,12-13H2,1H3. The van der Waals surface area contributed by atoms with E-state index in [1.165, 1.54) is 0 Å². The fourth-order valence-corrected chi connectivity index (χ4v) is 2.29. The second-order valence-corrected chi connectivity index (χ2v) is 6.44. The summed E-state index contributed by atoms with van der Waals surface area (Å²) in [6.07, 6.45) is 0. The summed E-state index contributed by atoms with van der Waals surface area (Å²) >= 11 is 0. The summed E-state index contributed by atoms with van der Waals surface area (Å²) in [5, 5.41) is 2.15. The summed E-state index contributed by atoms with van der Waals surface area (Å²) in [5.74, 6) is 6.36. The molecule has 21 heavy (non-hydrogen) atoms. The average molecular weight is 303 g/mol. The Bertz CT molecular complexity index is 767. The molecule has 2 aromatic rings. The molecule has 0 bridgehead atoms. The van der Waals surface area contributed by atoms with Gasteiger partial charge in [-0.3, -0.25) is 0 Å². The van der Waals surface area contributed by atoms with Gasteiger partial charge in [0, 0.05) is 5.39 Å². The van der Waals surface area contributed by atoms with E-state index in [0.29, 0.717) is 0 Å². The van der Waals surface area contributed by atoms with Crippen molar-refractivity contribution in [2.24, 2.45) is 0 Å². The zero-order valence-corrected chi connectivity index (χ0v) is 12.6.